The van der Waals surface area contributed by atoms with Crippen molar-refractivity contribution in [3.63, 3.8) is 0 Å². The van der Waals surface area contributed by atoms with Crippen molar-refractivity contribution in [1.29, 1.82) is 0 Å². The zero-order valence-electron chi connectivity index (χ0n) is 10.4. The smallest absolute Gasteiger partial charge is 0.341 e. The molecule has 0 radical (unpaired) electrons. The summed E-state index contributed by atoms with van der Waals surface area (Å²) in [6.07, 6.45) is -1.31. The molecule has 0 aliphatic carbocycles. The second-order valence-corrected chi connectivity index (χ2v) is 5.54. The third-order valence-corrected chi connectivity index (χ3v) is 3.79. The molecule has 1 unspecified atom stereocenters. The fourth-order valence-electron chi connectivity index (χ4n) is 2.05. The summed E-state index contributed by atoms with van der Waals surface area (Å²) in [7, 11) is 0. The Hall–Kier alpha value is -0.430. The highest BCUT2D eigenvalue weighted by atomic mass is 32.2. The molecule has 0 spiro atoms. The number of alkyl halides is 3. The van der Waals surface area contributed by atoms with Gasteiger partial charge in [-0.05, 0) is 31.3 Å². The third-order valence-electron chi connectivity index (χ3n) is 3.15. The van der Waals surface area contributed by atoms with Gasteiger partial charge in [-0.3, -0.25) is 4.79 Å². The number of thioether (sulfide) groups is 1. The molecule has 1 aliphatic rings. The highest BCUT2D eigenvalue weighted by Gasteiger charge is 2.43. The summed E-state index contributed by atoms with van der Waals surface area (Å²) >= 11 is 1.57. The van der Waals surface area contributed by atoms with Crippen molar-refractivity contribution in [2.24, 2.45) is 11.7 Å². The van der Waals surface area contributed by atoms with E-state index in [1.165, 1.54) is 4.90 Å². The summed E-state index contributed by atoms with van der Waals surface area (Å²) in [4.78, 5) is 13.2. The lowest BCUT2D eigenvalue weighted by Crippen LogP contribution is -2.50. The molecule has 18 heavy (non-hydrogen) atoms. The largest absolute Gasteiger partial charge is 0.393 e. The van der Waals surface area contributed by atoms with Crippen LogP contribution in [0.15, 0.2) is 0 Å². The molecule has 1 rings (SSSR count). The van der Waals surface area contributed by atoms with Crippen LogP contribution >= 0.6 is 11.8 Å². The second-order valence-electron chi connectivity index (χ2n) is 4.55. The molecule has 1 saturated heterocycles. The summed E-state index contributed by atoms with van der Waals surface area (Å²) in [5.74, 6) is -1.01. The summed E-state index contributed by atoms with van der Waals surface area (Å²) in [5.41, 5.74) is 5.70. The number of carbonyl (C=O) groups is 1. The summed E-state index contributed by atoms with van der Waals surface area (Å²) in [6.45, 7) is 0.147. The molecular weight excluding hydrogens is 265 g/mol. The Morgan fingerprint density at radius 1 is 1.56 bits per heavy atom. The lowest BCUT2D eigenvalue weighted by molar-refractivity contribution is -0.188. The summed E-state index contributed by atoms with van der Waals surface area (Å²) in [6, 6.07) is -0.676. The van der Waals surface area contributed by atoms with Gasteiger partial charge in [-0.25, -0.2) is 0 Å². The second kappa shape index (κ2) is 6.65. The number of hydrogen-bond donors (Lipinski definition) is 1. The van der Waals surface area contributed by atoms with Gasteiger partial charge in [0.15, 0.2) is 0 Å². The number of nitrogens with two attached hydrogens (primary N) is 1. The first-order valence-electron chi connectivity index (χ1n) is 5.96. The topological polar surface area (TPSA) is 46.3 Å². The monoisotopic (exact) mass is 284 g/mol. The first kappa shape index (κ1) is 15.6. The van der Waals surface area contributed by atoms with Crippen molar-refractivity contribution >= 4 is 17.7 Å². The van der Waals surface area contributed by atoms with E-state index in [4.69, 9.17) is 5.73 Å². The van der Waals surface area contributed by atoms with Gasteiger partial charge in [0.05, 0.1) is 12.0 Å². The number of halogens is 3. The van der Waals surface area contributed by atoms with Crippen molar-refractivity contribution < 1.29 is 18.0 Å². The number of amides is 1. The normalized spacial score (nSPS) is 22.9. The average molecular weight is 284 g/mol. The van der Waals surface area contributed by atoms with E-state index in [1.54, 1.807) is 11.8 Å². The summed E-state index contributed by atoms with van der Waals surface area (Å²) in [5, 5.41) is 0. The number of nitrogens with zero attached hydrogens (tertiary/aromatic N) is 1. The average Bonchev–Trinajstić information content (AvgIpc) is 2.34. The van der Waals surface area contributed by atoms with E-state index in [1.807, 2.05) is 6.26 Å². The van der Waals surface area contributed by atoms with E-state index in [9.17, 15) is 18.0 Å². The predicted octanol–water partition coefficient (Wildman–Crippen LogP) is 1.87. The molecule has 2 N–H and O–H groups in total. The molecule has 106 valence electrons. The number of likely N-dealkylation sites (tertiary alicyclic amines) is 1. The molecule has 0 bridgehead atoms. The van der Waals surface area contributed by atoms with Crippen molar-refractivity contribution in [2.45, 2.75) is 31.5 Å². The Labute approximate surface area is 109 Å². The van der Waals surface area contributed by atoms with Crippen LogP contribution in [0.25, 0.3) is 0 Å². The third kappa shape index (κ3) is 4.35. The van der Waals surface area contributed by atoms with Gasteiger partial charge in [0.25, 0.3) is 0 Å². The number of piperidine rings is 1. The van der Waals surface area contributed by atoms with Gasteiger partial charge in [-0.2, -0.15) is 24.9 Å². The fourth-order valence-corrected chi connectivity index (χ4v) is 2.54. The van der Waals surface area contributed by atoms with Gasteiger partial charge >= 0.3 is 6.18 Å². The molecule has 1 heterocycles. The van der Waals surface area contributed by atoms with Gasteiger partial charge in [-0.1, -0.05) is 0 Å². The molecule has 0 aromatic carbocycles. The van der Waals surface area contributed by atoms with Crippen LogP contribution in [0.2, 0.25) is 0 Å². The molecule has 3 nitrogen and oxygen atoms in total. The Morgan fingerprint density at radius 2 is 2.22 bits per heavy atom. The van der Waals surface area contributed by atoms with Crippen LogP contribution in [0.3, 0.4) is 0 Å². The highest BCUT2D eigenvalue weighted by Crippen LogP contribution is 2.33. The van der Waals surface area contributed by atoms with Crippen LogP contribution in [-0.4, -0.2) is 48.1 Å². The van der Waals surface area contributed by atoms with Crippen LogP contribution < -0.4 is 5.73 Å². The van der Waals surface area contributed by atoms with Crippen LogP contribution in [-0.2, 0) is 4.79 Å². The maximum atomic E-state index is 12.6. The van der Waals surface area contributed by atoms with Gasteiger partial charge in [0.1, 0.15) is 0 Å². The van der Waals surface area contributed by atoms with Gasteiger partial charge in [0.2, 0.25) is 5.91 Å². The SMILES string of the molecule is CSCC[C@H](N)C(=O)N1CCCC(C(F)(F)F)C1. The van der Waals surface area contributed by atoms with Crippen molar-refractivity contribution in [2.75, 3.05) is 25.1 Å². The van der Waals surface area contributed by atoms with E-state index in [0.29, 0.717) is 19.4 Å². The molecule has 1 aliphatic heterocycles. The van der Waals surface area contributed by atoms with E-state index in [-0.39, 0.29) is 18.9 Å². The number of hydrogen-bond acceptors (Lipinski definition) is 3. The molecule has 0 aromatic heterocycles. The minimum atomic E-state index is -4.22. The Balaban J connectivity index is 2.53. The molecular formula is C11H19F3N2OS. The zero-order chi connectivity index (χ0) is 13.8. The minimum Gasteiger partial charge on any atom is -0.341 e. The molecule has 1 amide bonds. The van der Waals surface area contributed by atoms with Gasteiger partial charge < -0.3 is 10.6 Å². The van der Waals surface area contributed by atoms with Gasteiger partial charge in [0, 0.05) is 13.1 Å². The van der Waals surface area contributed by atoms with E-state index >= 15 is 0 Å². The van der Waals surface area contributed by atoms with Crippen LogP contribution in [0.5, 0.6) is 0 Å². The van der Waals surface area contributed by atoms with Crippen LogP contribution in [0, 0.1) is 5.92 Å². The highest BCUT2D eigenvalue weighted by molar-refractivity contribution is 7.98. The molecule has 7 heteroatoms. The molecule has 1 fully saturated rings. The van der Waals surface area contributed by atoms with Crippen LogP contribution in [0.1, 0.15) is 19.3 Å². The maximum Gasteiger partial charge on any atom is 0.393 e. The number of rotatable bonds is 4. The van der Waals surface area contributed by atoms with Crippen molar-refractivity contribution in [3.05, 3.63) is 0 Å². The Morgan fingerprint density at radius 3 is 2.78 bits per heavy atom. The zero-order valence-corrected chi connectivity index (χ0v) is 11.2. The Bertz CT molecular complexity index is 286. The van der Waals surface area contributed by atoms with Gasteiger partial charge in [-0.15, -0.1) is 0 Å². The molecule has 0 saturated carbocycles. The standard InChI is InChI=1S/C11H19F3N2OS/c1-18-6-4-9(15)10(17)16-5-2-3-8(7-16)11(12,13)14/h8-9H,2-7,15H2,1H3/t8?,9-/m0/s1. The Kier molecular flexibility index (Phi) is 5.78. The summed E-state index contributed by atoms with van der Waals surface area (Å²) < 4.78 is 37.8. The predicted molar refractivity (Wildman–Crippen MR) is 66.3 cm³/mol. The van der Waals surface area contributed by atoms with E-state index in [0.717, 1.165) is 5.75 Å². The maximum absolute atomic E-state index is 12.6. The lowest BCUT2D eigenvalue weighted by atomic mass is 9.97. The molecule has 0 aromatic rings. The minimum absolute atomic E-state index is 0.104. The quantitative estimate of drug-likeness (QED) is 0.857. The molecule has 2 atom stereocenters. The van der Waals surface area contributed by atoms with Crippen molar-refractivity contribution in [1.82, 2.24) is 4.90 Å². The van der Waals surface area contributed by atoms with Crippen molar-refractivity contribution in [3.8, 4) is 0 Å². The fraction of sp³-hybridized carbons (Fsp3) is 0.909. The first-order chi connectivity index (χ1) is 8.36. The first-order valence-corrected chi connectivity index (χ1v) is 7.35. The van der Waals surface area contributed by atoms with E-state index < -0.39 is 18.1 Å². The lowest BCUT2D eigenvalue weighted by Gasteiger charge is -2.35. The number of carbonyl (C=O) groups excluding carboxylic acids is 1. The van der Waals surface area contributed by atoms with E-state index in [2.05, 4.69) is 0 Å². The van der Waals surface area contributed by atoms with Crippen LogP contribution in [0.4, 0.5) is 13.2 Å².